The summed E-state index contributed by atoms with van der Waals surface area (Å²) in [7, 11) is 3.10. The van der Waals surface area contributed by atoms with Crippen LogP contribution in [0.2, 0.25) is 0 Å². The summed E-state index contributed by atoms with van der Waals surface area (Å²) >= 11 is 0. The fourth-order valence-corrected chi connectivity index (χ4v) is 1.63. The number of anilines is 1. The van der Waals surface area contributed by atoms with Gasteiger partial charge in [0.05, 0.1) is 23.7 Å². The van der Waals surface area contributed by atoms with E-state index in [1.807, 2.05) is 0 Å². The summed E-state index contributed by atoms with van der Waals surface area (Å²) in [5.74, 6) is -0.350. The molecule has 0 radical (unpaired) electrons. The van der Waals surface area contributed by atoms with Crippen molar-refractivity contribution in [1.29, 1.82) is 0 Å². The molecule has 0 aliphatic carbocycles. The summed E-state index contributed by atoms with van der Waals surface area (Å²) in [6.07, 6.45) is 0. The van der Waals surface area contributed by atoms with Gasteiger partial charge in [-0.25, -0.2) is 0 Å². The van der Waals surface area contributed by atoms with Crippen LogP contribution in [0.5, 0.6) is 0 Å². The first kappa shape index (κ1) is 16.9. The number of rotatable bonds is 6. The molecule has 116 valence electrons. The third-order valence-corrected chi connectivity index (χ3v) is 2.98. The van der Waals surface area contributed by atoms with Crippen LogP contribution in [0.4, 0.5) is 11.4 Å². The zero-order chi connectivity index (χ0) is 16.2. The Labute approximate surface area is 122 Å². The molecule has 1 rings (SSSR count). The molecule has 21 heavy (non-hydrogen) atoms. The molecule has 8 nitrogen and oxygen atoms in total. The average Bonchev–Trinajstić information content (AvgIpc) is 2.46. The standard InChI is InChI=1S/C13H19N3O5/c1-13(7-17,8-18)14-10-5-4-9(12(19)15(2)3)6-11(10)16(20)21/h4-6,14,17-18H,7-8H2,1-3H3. The van der Waals surface area contributed by atoms with Crippen molar-refractivity contribution in [2.24, 2.45) is 0 Å². The van der Waals surface area contributed by atoms with Gasteiger partial charge in [0.25, 0.3) is 11.6 Å². The molecule has 0 atom stereocenters. The van der Waals surface area contributed by atoms with E-state index in [9.17, 15) is 25.1 Å². The number of aliphatic hydroxyl groups is 2. The SMILES string of the molecule is CN(C)C(=O)c1ccc(NC(C)(CO)CO)c([N+](=O)[O-])c1. The fraction of sp³-hybridized carbons (Fsp3) is 0.462. The molecule has 0 saturated carbocycles. The van der Waals surface area contributed by atoms with Gasteiger partial charge in [-0.3, -0.25) is 14.9 Å². The van der Waals surface area contributed by atoms with Crippen LogP contribution in [0.25, 0.3) is 0 Å². The highest BCUT2D eigenvalue weighted by molar-refractivity contribution is 5.95. The third kappa shape index (κ3) is 3.89. The van der Waals surface area contributed by atoms with Gasteiger partial charge in [-0.2, -0.15) is 0 Å². The van der Waals surface area contributed by atoms with Crippen LogP contribution in [0, 0.1) is 10.1 Å². The Morgan fingerprint density at radius 1 is 1.38 bits per heavy atom. The maximum absolute atomic E-state index is 11.8. The van der Waals surface area contributed by atoms with Gasteiger partial charge < -0.3 is 20.4 Å². The molecule has 0 bridgehead atoms. The summed E-state index contributed by atoms with van der Waals surface area (Å²) in [5.41, 5.74) is -1.08. The Bertz CT molecular complexity index is 541. The largest absolute Gasteiger partial charge is 0.394 e. The molecule has 0 aromatic heterocycles. The van der Waals surface area contributed by atoms with Gasteiger partial charge in [-0.1, -0.05) is 0 Å². The van der Waals surface area contributed by atoms with Gasteiger partial charge in [0.15, 0.2) is 0 Å². The topological polar surface area (TPSA) is 116 Å². The van der Waals surface area contributed by atoms with Crippen molar-refractivity contribution in [3.63, 3.8) is 0 Å². The van der Waals surface area contributed by atoms with Crippen LogP contribution in [0.1, 0.15) is 17.3 Å². The highest BCUT2D eigenvalue weighted by Gasteiger charge is 2.26. The van der Waals surface area contributed by atoms with Crippen molar-refractivity contribution in [2.45, 2.75) is 12.5 Å². The lowest BCUT2D eigenvalue weighted by molar-refractivity contribution is -0.384. The summed E-state index contributed by atoms with van der Waals surface area (Å²) in [5, 5.41) is 32.4. The van der Waals surface area contributed by atoms with Crippen LogP contribution in [0.3, 0.4) is 0 Å². The smallest absolute Gasteiger partial charge is 0.293 e. The van der Waals surface area contributed by atoms with Crippen LogP contribution < -0.4 is 5.32 Å². The number of benzene rings is 1. The number of aliphatic hydroxyl groups excluding tert-OH is 2. The molecule has 0 aliphatic rings. The van der Waals surface area contributed by atoms with Crippen LogP contribution >= 0.6 is 0 Å². The summed E-state index contributed by atoms with van der Waals surface area (Å²) < 4.78 is 0. The Balaban J connectivity index is 3.23. The van der Waals surface area contributed by atoms with Crippen LogP contribution in [0.15, 0.2) is 18.2 Å². The van der Waals surface area contributed by atoms with E-state index in [2.05, 4.69) is 5.32 Å². The Kier molecular flexibility index (Phi) is 5.23. The molecule has 1 aromatic rings. The molecule has 8 heteroatoms. The van der Waals surface area contributed by atoms with E-state index in [1.54, 1.807) is 14.1 Å². The number of nitro groups is 1. The number of amides is 1. The first-order valence-electron chi connectivity index (χ1n) is 6.24. The van der Waals surface area contributed by atoms with Gasteiger partial charge in [0, 0.05) is 25.7 Å². The second-order valence-electron chi connectivity index (χ2n) is 5.19. The number of hydrogen-bond donors (Lipinski definition) is 3. The molecule has 0 aliphatic heterocycles. The molecule has 0 saturated heterocycles. The maximum Gasteiger partial charge on any atom is 0.293 e. The van der Waals surface area contributed by atoms with Gasteiger partial charge in [0.2, 0.25) is 0 Å². The van der Waals surface area contributed by atoms with Crippen molar-refractivity contribution in [3.05, 3.63) is 33.9 Å². The quantitative estimate of drug-likeness (QED) is 0.518. The van der Waals surface area contributed by atoms with Crippen molar-refractivity contribution >= 4 is 17.3 Å². The highest BCUT2D eigenvalue weighted by atomic mass is 16.6. The Morgan fingerprint density at radius 3 is 2.38 bits per heavy atom. The lowest BCUT2D eigenvalue weighted by Gasteiger charge is -2.27. The predicted molar refractivity (Wildman–Crippen MR) is 77.3 cm³/mol. The zero-order valence-corrected chi connectivity index (χ0v) is 12.2. The van der Waals surface area contributed by atoms with Gasteiger partial charge in [-0.15, -0.1) is 0 Å². The van der Waals surface area contributed by atoms with E-state index in [1.165, 1.54) is 30.0 Å². The van der Waals surface area contributed by atoms with Gasteiger partial charge >= 0.3 is 0 Å². The van der Waals surface area contributed by atoms with Crippen molar-refractivity contribution in [1.82, 2.24) is 4.90 Å². The Hall–Kier alpha value is -2.19. The van der Waals surface area contributed by atoms with Gasteiger partial charge in [-0.05, 0) is 19.1 Å². The first-order chi connectivity index (χ1) is 9.74. The van der Waals surface area contributed by atoms with Crippen molar-refractivity contribution < 1.29 is 19.9 Å². The number of nitrogens with zero attached hydrogens (tertiary/aromatic N) is 2. The molecule has 0 fully saturated rings. The lowest BCUT2D eigenvalue weighted by atomic mass is 10.0. The molecule has 3 N–H and O–H groups in total. The highest BCUT2D eigenvalue weighted by Crippen LogP contribution is 2.28. The minimum atomic E-state index is -1.10. The number of hydrogen-bond acceptors (Lipinski definition) is 6. The lowest BCUT2D eigenvalue weighted by Crippen LogP contribution is -2.42. The predicted octanol–water partition coefficient (Wildman–Crippen LogP) is 0.452. The molecule has 1 aromatic carbocycles. The second-order valence-corrected chi connectivity index (χ2v) is 5.19. The number of nitro benzene ring substituents is 1. The molecule has 1 amide bonds. The monoisotopic (exact) mass is 297 g/mol. The van der Waals surface area contributed by atoms with E-state index in [0.29, 0.717) is 0 Å². The fourth-order valence-electron chi connectivity index (χ4n) is 1.63. The van der Waals surface area contributed by atoms with Gasteiger partial charge in [0.1, 0.15) is 5.69 Å². The van der Waals surface area contributed by atoms with E-state index >= 15 is 0 Å². The number of nitrogens with one attached hydrogen (secondary N) is 1. The van der Waals surface area contributed by atoms with Crippen molar-refractivity contribution in [2.75, 3.05) is 32.6 Å². The summed E-state index contributed by atoms with van der Waals surface area (Å²) in [6, 6.07) is 4.01. The van der Waals surface area contributed by atoms with Crippen molar-refractivity contribution in [3.8, 4) is 0 Å². The first-order valence-corrected chi connectivity index (χ1v) is 6.24. The van der Waals surface area contributed by atoms with E-state index < -0.39 is 23.7 Å². The zero-order valence-electron chi connectivity index (χ0n) is 12.2. The summed E-state index contributed by atoms with van der Waals surface area (Å²) in [6.45, 7) is 0.716. The maximum atomic E-state index is 11.8. The Morgan fingerprint density at radius 2 is 1.95 bits per heavy atom. The third-order valence-electron chi connectivity index (χ3n) is 2.98. The van der Waals surface area contributed by atoms with E-state index in [4.69, 9.17) is 0 Å². The molecule has 0 spiro atoms. The normalized spacial score (nSPS) is 11.1. The van der Waals surface area contributed by atoms with Crippen LogP contribution in [-0.4, -0.2) is 58.8 Å². The minimum Gasteiger partial charge on any atom is -0.394 e. The van der Waals surface area contributed by atoms with E-state index in [0.717, 1.165) is 0 Å². The molecular formula is C13H19N3O5. The molecular weight excluding hydrogens is 278 g/mol. The summed E-state index contributed by atoms with van der Waals surface area (Å²) in [4.78, 5) is 23.7. The number of carbonyl (C=O) groups excluding carboxylic acids is 1. The minimum absolute atomic E-state index is 0.126. The second kappa shape index (κ2) is 6.51. The average molecular weight is 297 g/mol. The van der Waals surface area contributed by atoms with Crippen LogP contribution in [-0.2, 0) is 0 Å². The molecule has 0 unspecified atom stereocenters. The number of carbonyl (C=O) groups is 1. The molecule has 0 heterocycles. The van der Waals surface area contributed by atoms with E-state index in [-0.39, 0.29) is 22.8 Å².